The molecule has 0 aliphatic carbocycles. The summed E-state index contributed by atoms with van der Waals surface area (Å²) >= 11 is 0. The van der Waals surface area contributed by atoms with Crippen molar-refractivity contribution in [1.82, 2.24) is 26.6 Å². The Morgan fingerprint density at radius 1 is 1.28 bits per heavy atom. The van der Waals surface area contributed by atoms with Crippen LogP contribution in [0.1, 0.15) is 38.2 Å². The number of nitrogens with one attached hydrogen (secondary N) is 6. The van der Waals surface area contributed by atoms with Crippen LogP contribution in [0.25, 0.3) is 0 Å². The number of amides is 2. The molecule has 0 radical (unpaired) electrons. The summed E-state index contributed by atoms with van der Waals surface area (Å²) in [5.41, 5.74) is -0.723. The molecule has 2 aliphatic heterocycles. The fraction of sp³-hybridized carbons (Fsp3) is 0.632. The molecule has 0 aromatic heterocycles. The number of anilines is 1. The second-order valence-corrected chi connectivity index (χ2v) is 7.67. The lowest BCUT2D eigenvalue weighted by atomic mass is 10.1. The zero-order valence-electron chi connectivity index (χ0n) is 16.4. The SMILES string of the molecule is CC1CC(NCCC2CCCN2)NC(NC(=O)Nc2cccc(C(F)(F)F)c2)N1. The Labute approximate surface area is 168 Å². The van der Waals surface area contributed by atoms with Crippen molar-refractivity contribution in [3.8, 4) is 0 Å². The van der Waals surface area contributed by atoms with Crippen molar-refractivity contribution in [2.75, 3.05) is 18.4 Å². The molecule has 7 nitrogen and oxygen atoms in total. The van der Waals surface area contributed by atoms with Gasteiger partial charge in [-0.15, -0.1) is 0 Å². The second-order valence-electron chi connectivity index (χ2n) is 7.67. The minimum Gasteiger partial charge on any atom is -0.314 e. The minimum absolute atomic E-state index is 0.0338. The van der Waals surface area contributed by atoms with Crippen molar-refractivity contribution in [3.63, 3.8) is 0 Å². The van der Waals surface area contributed by atoms with Gasteiger partial charge in [0.05, 0.1) is 11.7 Å². The maximum atomic E-state index is 12.8. The van der Waals surface area contributed by atoms with Crippen molar-refractivity contribution in [2.24, 2.45) is 0 Å². The average Bonchev–Trinajstić information content (AvgIpc) is 3.14. The molecule has 2 heterocycles. The first-order chi connectivity index (χ1) is 13.8. The molecule has 2 fully saturated rings. The molecule has 0 saturated carbocycles. The normalized spacial score (nSPS) is 27.6. The third-order valence-electron chi connectivity index (χ3n) is 5.18. The Balaban J connectivity index is 1.46. The number of urea groups is 1. The number of alkyl halides is 3. The van der Waals surface area contributed by atoms with Crippen molar-refractivity contribution in [1.29, 1.82) is 0 Å². The number of carbonyl (C=O) groups is 1. The van der Waals surface area contributed by atoms with Gasteiger partial charge in [0.2, 0.25) is 0 Å². The van der Waals surface area contributed by atoms with Gasteiger partial charge in [-0.3, -0.25) is 10.6 Å². The monoisotopic (exact) mass is 414 g/mol. The fourth-order valence-corrected chi connectivity index (χ4v) is 3.76. The number of carbonyl (C=O) groups excluding carboxylic acids is 1. The summed E-state index contributed by atoms with van der Waals surface area (Å²) in [4.78, 5) is 12.2. The molecule has 6 N–H and O–H groups in total. The van der Waals surface area contributed by atoms with Crippen LogP contribution in [0, 0.1) is 0 Å². The van der Waals surface area contributed by atoms with Crippen LogP contribution in [0.3, 0.4) is 0 Å². The van der Waals surface area contributed by atoms with E-state index in [1.807, 2.05) is 6.92 Å². The van der Waals surface area contributed by atoms with Gasteiger partial charge in [-0.25, -0.2) is 4.79 Å². The molecule has 1 aromatic rings. The third kappa shape index (κ3) is 6.84. The summed E-state index contributed by atoms with van der Waals surface area (Å²) in [6.07, 6.45) is -0.585. The first-order valence-electron chi connectivity index (χ1n) is 10.0. The van der Waals surface area contributed by atoms with E-state index in [1.54, 1.807) is 0 Å². The molecular formula is C19H29F3N6O. The molecule has 2 aliphatic rings. The van der Waals surface area contributed by atoms with Gasteiger partial charge in [0.1, 0.15) is 6.29 Å². The first-order valence-corrected chi connectivity index (χ1v) is 10.0. The Morgan fingerprint density at radius 3 is 2.83 bits per heavy atom. The predicted octanol–water partition coefficient (Wildman–Crippen LogP) is 2.14. The predicted molar refractivity (Wildman–Crippen MR) is 105 cm³/mol. The van der Waals surface area contributed by atoms with Gasteiger partial charge in [-0.1, -0.05) is 6.07 Å². The number of benzene rings is 1. The zero-order chi connectivity index (χ0) is 20.9. The largest absolute Gasteiger partial charge is 0.416 e. The van der Waals surface area contributed by atoms with Gasteiger partial charge in [0.25, 0.3) is 0 Å². The summed E-state index contributed by atoms with van der Waals surface area (Å²) in [5.74, 6) is 0. The van der Waals surface area contributed by atoms with E-state index < -0.39 is 24.1 Å². The van der Waals surface area contributed by atoms with E-state index in [0.717, 1.165) is 38.1 Å². The van der Waals surface area contributed by atoms with E-state index in [-0.39, 0.29) is 17.9 Å². The number of hydrogen-bond donors (Lipinski definition) is 6. The summed E-state index contributed by atoms with van der Waals surface area (Å²) in [6.45, 7) is 3.97. The smallest absolute Gasteiger partial charge is 0.314 e. The van der Waals surface area contributed by atoms with Crippen molar-refractivity contribution in [3.05, 3.63) is 29.8 Å². The van der Waals surface area contributed by atoms with E-state index in [2.05, 4.69) is 31.9 Å². The van der Waals surface area contributed by atoms with Crippen LogP contribution in [-0.2, 0) is 6.18 Å². The molecule has 162 valence electrons. The third-order valence-corrected chi connectivity index (χ3v) is 5.18. The molecule has 10 heteroatoms. The fourth-order valence-electron chi connectivity index (χ4n) is 3.76. The molecule has 0 spiro atoms. The highest BCUT2D eigenvalue weighted by molar-refractivity contribution is 5.89. The van der Waals surface area contributed by atoms with Gasteiger partial charge in [-0.05, 0) is 63.9 Å². The van der Waals surface area contributed by atoms with Crippen LogP contribution in [-0.4, -0.2) is 43.7 Å². The Bertz CT molecular complexity index is 680. The molecule has 4 atom stereocenters. The quantitative estimate of drug-likeness (QED) is 0.429. The van der Waals surface area contributed by atoms with Gasteiger partial charge in [0.15, 0.2) is 0 Å². The molecule has 2 saturated heterocycles. The lowest BCUT2D eigenvalue weighted by molar-refractivity contribution is -0.137. The van der Waals surface area contributed by atoms with Crippen LogP contribution in [0.4, 0.5) is 23.7 Å². The highest BCUT2D eigenvalue weighted by Crippen LogP contribution is 2.30. The van der Waals surface area contributed by atoms with Crippen molar-refractivity contribution in [2.45, 2.75) is 63.3 Å². The highest BCUT2D eigenvalue weighted by atomic mass is 19.4. The van der Waals surface area contributed by atoms with E-state index in [4.69, 9.17) is 0 Å². The van der Waals surface area contributed by atoms with Gasteiger partial charge in [0, 0.05) is 17.8 Å². The lowest BCUT2D eigenvalue weighted by Crippen LogP contribution is -2.67. The average molecular weight is 414 g/mol. The summed E-state index contributed by atoms with van der Waals surface area (Å²) < 4.78 is 38.4. The van der Waals surface area contributed by atoms with Crippen molar-refractivity contribution >= 4 is 11.7 Å². The Hall–Kier alpha value is -1.88. The maximum absolute atomic E-state index is 12.8. The van der Waals surface area contributed by atoms with Crippen LogP contribution in [0.2, 0.25) is 0 Å². The van der Waals surface area contributed by atoms with Crippen LogP contribution in [0.5, 0.6) is 0 Å². The second kappa shape index (κ2) is 9.75. The molecule has 2 amide bonds. The zero-order valence-corrected chi connectivity index (χ0v) is 16.4. The van der Waals surface area contributed by atoms with Crippen LogP contribution < -0.4 is 31.9 Å². The topological polar surface area (TPSA) is 89.2 Å². The molecule has 29 heavy (non-hydrogen) atoms. The Kier molecular flexibility index (Phi) is 7.33. The van der Waals surface area contributed by atoms with E-state index in [1.165, 1.54) is 25.0 Å². The van der Waals surface area contributed by atoms with Gasteiger partial charge < -0.3 is 21.3 Å². The van der Waals surface area contributed by atoms with Crippen LogP contribution >= 0.6 is 0 Å². The van der Waals surface area contributed by atoms with Crippen LogP contribution in [0.15, 0.2) is 24.3 Å². The molecule has 0 bridgehead atoms. The minimum atomic E-state index is -4.46. The number of halogens is 3. The lowest BCUT2D eigenvalue weighted by Gasteiger charge is -2.37. The summed E-state index contributed by atoms with van der Waals surface area (Å²) in [6, 6.07) is 4.69. The first kappa shape index (κ1) is 21.8. The number of rotatable bonds is 6. The molecule has 4 unspecified atom stereocenters. The highest BCUT2D eigenvalue weighted by Gasteiger charge is 2.31. The number of hydrogen-bond acceptors (Lipinski definition) is 5. The van der Waals surface area contributed by atoms with Gasteiger partial charge in [-0.2, -0.15) is 13.2 Å². The maximum Gasteiger partial charge on any atom is 0.416 e. The van der Waals surface area contributed by atoms with Gasteiger partial charge >= 0.3 is 12.2 Å². The van der Waals surface area contributed by atoms with Crippen molar-refractivity contribution < 1.29 is 18.0 Å². The van der Waals surface area contributed by atoms with E-state index in [9.17, 15) is 18.0 Å². The summed E-state index contributed by atoms with van der Waals surface area (Å²) in [5, 5.41) is 18.6. The molecule has 3 rings (SSSR count). The van der Waals surface area contributed by atoms with E-state index >= 15 is 0 Å². The van der Waals surface area contributed by atoms with E-state index in [0.29, 0.717) is 6.04 Å². The summed E-state index contributed by atoms with van der Waals surface area (Å²) in [7, 11) is 0. The Morgan fingerprint density at radius 2 is 2.10 bits per heavy atom. The molecular weight excluding hydrogens is 385 g/mol. The standard InChI is InChI=1S/C19H29F3N6O/c1-12-10-16(24-9-7-14-6-3-8-23-14)27-17(25-12)28-18(29)26-15-5-2-4-13(11-15)19(20,21)22/h2,4-5,11-12,14,16-17,23-25,27H,3,6-10H2,1H3,(H2,26,28,29). The molecule has 1 aromatic carbocycles.